The Morgan fingerprint density at radius 2 is 1.96 bits per heavy atom. The van der Waals surface area contributed by atoms with Crippen LogP contribution in [-0.4, -0.2) is 41.7 Å². The lowest BCUT2D eigenvalue weighted by molar-refractivity contribution is 0.103. The van der Waals surface area contributed by atoms with Gasteiger partial charge in [-0.3, -0.25) is 4.79 Å². The molecule has 1 fully saturated rings. The lowest BCUT2D eigenvalue weighted by Gasteiger charge is -2.22. The first-order valence-corrected chi connectivity index (χ1v) is 11.1. The van der Waals surface area contributed by atoms with Crippen LogP contribution in [0.5, 0.6) is 0 Å². The summed E-state index contributed by atoms with van der Waals surface area (Å²) in [7, 11) is -2.93. The predicted octanol–water partition coefficient (Wildman–Crippen LogP) is 3.05. The molecule has 1 aliphatic rings. The average molecular weight is 405 g/mol. The Balaban J connectivity index is 1.55. The number of anilines is 1. The maximum Gasteiger partial charge on any atom is 0.224 e. The summed E-state index contributed by atoms with van der Waals surface area (Å²) in [6, 6.07) is 7.54. The van der Waals surface area contributed by atoms with Crippen molar-refractivity contribution in [2.24, 2.45) is 0 Å². The molecule has 6 nitrogen and oxygen atoms in total. The monoisotopic (exact) mass is 405 g/mol. The highest BCUT2D eigenvalue weighted by Gasteiger charge is 2.24. The average Bonchev–Trinajstić information content (AvgIpc) is 3.07. The molecule has 0 radical (unpaired) electrons. The standard InChI is InChI=1S/C18H16FN3O3S2/c19-14-4-2-1-3-13(14)16(23)15-9-11-10-20-18(22-17(11)26-15)21-12-5-7-27(24,25)8-6-12/h1-4,9-10,12H,5-8H2,(H,20,21,22). The number of hydrogen-bond donors (Lipinski definition) is 1. The van der Waals surface area contributed by atoms with E-state index in [-0.39, 0.29) is 28.9 Å². The number of nitrogens with zero attached hydrogens (tertiary/aromatic N) is 2. The summed E-state index contributed by atoms with van der Waals surface area (Å²) >= 11 is 1.18. The van der Waals surface area contributed by atoms with Gasteiger partial charge in [-0.1, -0.05) is 12.1 Å². The van der Waals surface area contributed by atoms with Crippen LogP contribution in [0.4, 0.5) is 10.3 Å². The van der Waals surface area contributed by atoms with E-state index in [2.05, 4.69) is 15.3 Å². The number of rotatable bonds is 4. The highest BCUT2D eigenvalue weighted by atomic mass is 32.2. The fourth-order valence-corrected chi connectivity index (χ4v) is 5.46. The van der Waals surface area contributed by atoms with E-state index in [0.717, 1.165) is 0 Å². The molecule has 1 aromatic carbocycles. The van der Waals surface area contributed by atoms with Crippen LogP contribution in [0.3, 0.4) is 0 Å². The van der Waals surface area contributed by atoms with Crippen LogP contribution in [-0.2, 0) is 9.84 Å². The molecule has 4 rings (SSSR count). The van der Waals surface area contributed by atoms with Crippen LogP contribution in [0.15, 0.2) is 36.5 Å². The molecule has 1 aliphatic heterocycles. The zero-order chi connectivity index (χ0) is 19.0. The highest BCUT2D eigenvalue weighted by molar-refractivity contribution is 7.91. The summed E-state index contributed by atoms with van der Waals surface area (Å²) in [6.45, 7) is 0. The lowest BCUT2D eigenvalue weighted by Crippen LogP contribution is -2.32. The molecule has 0 bridgehead atoms. The number of sulfone groups is 1. The Morgan fingerprint density at radius 3 is 2.70 bits per heavy atom. The summed E-state index contributed by atoms with van der Waals surface area (Å²) in [5, 5.41) is 3.87. The van der Waals surface area contributed by atoms with Gasteiger partial charge in [0, 0.05) is 17.6 Å². The number of thiophene rings is 1. The fourth-order valence-electron chi connectivity index (χ4n) is 3.01. The van der Waals surface area contributed by atoms with Gasteiger partial charge in [0.15, 0.2) is 0 Å². The summed E-state index contributed by atoms with van der Waals surface area (Å²) in [6.07, 6.45) is 2.65. The lowest BCUT2D eigenvalue weighted by atomic mass is 10.1. The number of hydrogen-bond acceptors (Lipinski definition) is 7. The van der Waals surface area contributed by atoms with Gasteiger partial charge in [0.05, 0.1) is 21.9 Å². The number of benzene rings is 1. The number of halogens is 1. The van der Waals surface area contributed by atoms with E-state index in [0.29, 0.717) is 33.9 Å². The minimum Gasteiger partial charge on any atom is -0.351 e. The van der Waals surface area contributed by atoms with E-state index < -0.39 is 15.7 Å². The zero-order valence-electron chi connectivity index (χ0n) is 14.2. The van der Waals surface area contributed by atoms with Gasteiger partial charge < -0.3 is 5.32 Å². The van der Waals surface area contributed by atoms with Crippen molar-refractivity contribution >= 4 is 43.1 Å². The maximum atomic E-state index is 13.9. The molecular formula is C18H16FN3O3S2. The van der Waals surface area contributed by atoms with Crippen molar-refractivity contribution in [1.82, 2.24) is 9.97 Å². The van der Waals surface area contributed by atoms with Gasteiger partial charge in [-0.15, -0.1) is 11.3 Å². The van der Waals surface area contributed by atoms with Crippen molar-refractivity contribution in [3.63, 3.8) is 0 Å². The summed E-state index contributed by atoms with van der Waals surface area (Å²) in [4.78, 5) is 22.2. The number of fused-ring (bicyclic) bond motifs is 1. The third kappa shape index (κ3) is 3.84. The Bertz CT molecular complexity index is 1110. The van der Waals surface area contributed by atoms with Crippen molar-refractivity contribution in [2.45, 2.75) is 18.9 Å². The Morgan fingerprint density at radius 1 is 1.22 bits per heavy atom. The Kier molecular flexibility index (Phi) is 4.65. The number of carbonyl (C=O) groups is 1. The van der Waals surface area contributed by atoms with E-state index in [1.54, 1.807) is 18.3 Å². The molecular weight excluding hydrogens is 389 g/mol. The second-order valence-corrected chi connectivity index (χ2v) is 9.78. The molecule has 0 spiro atoms. The van der Waals surface area contributed by atoms with Crippen molar-refractivity contribution in [1.29, 1.82) is 0 Å². The predicted molar refractivity (Wildman–Crippen MR) is 103 cm³/mol. The molecule has 0 aliphatic carbocycles. The summed E-state index contributed by atoms with van der Waals surface area (Å²) < 4.78 is 36.9. The molecule has 2 aromatic heterocycles. The van der Waals surface area contributed by atoms with Gasteiger partial charge in [0.1, 0.15) is 20.5 Å². The van der Waals surface area contributed by atoms with Crippen molar-refractivity contribution in [2.75, 3.05) is 16.8 Å². The second kappa shape index (κ2) is 6.97. The topological polar surface area (TPSA) is 89.0 Å². The van der Waals surface area contributed by atoms with Gasteiger partial charge in [-0.05, 0) is 31.0 Å². The molecule has 1 N–H and O–H groups in total. The quantitative estimate of drug-likeness (QED) is 0.671. The molecule has 3 heterocycles. The molecule has 0 unspecified atom stereocenters. The van der Waals surface area contributed by atoms with Gasteiger partial charge in [-0.25, -0.2) is 22.8 Å². The Hall–Kier alpha value is -2.39. The smallest absolute Gasteiger partial charge is 0.224 e. The molecule has 9 heteroatoms. The van der Waals surface area contributed by atoms with E-state index in [4.69, 9.17) is 0 Å². The van der Waals surface area contributed by atoms with Gasteiger partial charge in [0.25, 0.3) is 0 Å². The SMILES string of the molecule is O=C(c1cc2cnc(NC3CCS(=O)(=O)CC3)nc2s1)c1ccccc1F. The Labute approximate surface area is 159 Å². The third-order valence-electron chi connectivity index (χ3n) is 4.50. The fraction of sp³-hybridized carbons (Fsp3) is 0.278. The van der Waals surface area contributed by atoms with E-state index in [9.17, 15) is 17.6 Å². The largest absolute Gasteiger partial charge is 0.351 e. The second-order valence-electron chi connectivity index (χ2n) is 6.44. The number of ketones is 1. The van der Waals surface area contributed by atoms with Crippen LogP contribution in [0.2, 0.25) is 0 Å². The first kappa shape index (κ1) is 18.0. The van der Waals surface area contributed by atoms with Crippen LogP contribution in [0.25, 0.3) is 10.2 Å². The van der Waals surface area contributed by atoms with Gasteiger partial charge in [-0.2, -0.15) is 0 Å². The van der Waals surface area contributed by atoms with Gasteiger partial charge in [0.2, 0.25) is 11.7 Å². The normalized spacial score (nSPS) is 17.1. The minimum absolute atomic E-state index is 0.00505. The molecule has 0 amide bonds. The van der Waals surface area contributed by atoms with E-state index in [1.807, 2.05) is 0 Å². The molecule has 140 valence electrons. The molecule has 3 aromatic rings. The third-order valence-corrected chi connectivity index (χ3v) is 7.26. The van der Waals surface area contributed by atoms with Crippen LogP contribution >= 0.6 is 11.3 Å². The zero-order valence-corrected chi connectivity index (χ0v) is 15.8. The number of aromatic nitrogens is 2. The van der Waals surface area contributed by atoms with Crippen molar-refractivity contribution < 1.29 is 17.6 Å². The molecule has 0 saturated carbocycles. The van der Waals surface area contributed by atoms with E-state index in [1.165, 1.54) is 29.5 Å². The highest BCUT2D eigenvalue weighted by Crippen LogP contribution is 2.27. The molecule has 1 saturated heterocycles. The maximum absolute atomic E-state index is 13.9. The van der Waals surface area contributed by atoms with Crippen LogP contribution < -0.4 is 5.32 Å². The van der Waals surface area contributed by atoms with Crippen molar-refractivity contribution in [3.8, 4) is 0 Å². The van der Waals surface area contributed by atoms with Crippen molar-refractivity contribution in [3.05, 3.63) is 52.8 Å². The summed E-state index contributed by atoms with van der Waals surface area (Å²) in [5.41, 5.74) is 0.0266. The minimum atomic E-state index is -2.93. The first-order chi connectivity index (χ1) is 12.9. The summed E-state index contributed by atoms with van der Waals surface area (Å²) in [5.74, 6) is -0.220. The number of carbonyl (C=O) groups excluding carboxylic acids is 1. The first-order valence-electron chi connectivity index (χ1n) is 8.44. The molecule has 27 heavy (non-hydrogen) atoms. The van der Waals surface area contributed by atoms with Crippen LogP contribution in [0.1, 0.15) is 28.1 Å². The van der Waals surface area contributed by atoms with E-state index >= 15 is 0 Å². The number of nitrogens with one attached hydrogen (secondary N) is 1. The van der Waals surface area contributed by atoms with Gasteiger partial charge >= 0.3 is 0 Å². The van der Waals surface area contributed by atoms with Crippen LogP contribution in [0, 0.1) is 5.82 Å². The molecule has 0 atom stereocenters.